The second-order valence-corrected chi connectivity index (χ2v) is 7.63. The third-order valence-corrected chi connectivity index (χ3v) is 5.48. The van der Waals surface area contributed by atoms with E-state index in [2.05, 4.69) is 17.4 Å². The summed E-state index contributed by atoms with van der Waals surface area (Å²) in [5, 5.41) is 12.7. The number of fused-ring (bicyclic) bond motifs is 3. The quantitative estimate of drug-likeness (QED) is 0.510. The third-order valence-electron chi connectivity index (χ3n) is 5.48. The maximum Gasteiger partial charge on any atom is 0.230 e. The fourth-order valence-electron chi connectivity index (χ4n) is 3.95. The highest BCUT2D eigenvalue weighted by atomic mass is 16.3. The predicted octanol–water partition coefficient (Wildman–Crippen LogP) is 4.80. The van der Waals surface area contributed by atoms with E-state index >= 15 is 0 Å². The van der Waals surface area contributed by atoms with Crippen LogP contribution in [-0.2, 0) is 24.1 Å². The van der Waals surface area contributed by atoms with Crippen LogP contribution in [0.25, 0.3) is 22.5 Å². The first-order valence-electron chi connectivity index (χ1n) is 10.3. The standard InChI is InChI=1S/C26H21N3O2/c30-20-13-10-19(11-14-20)24-26(28-23(31)16-17-6-2-1-3-7-17)27-22-15-12-18-8-4-5-9-21(18)25(22)29-24/h1-11,13-14,30H,12,15-16H2,(H,27,28,31). The lowest BCUT2D eigenvalue weighted by Crippen LogP contribution is -2.18. The van der Waals surface area contributed by atoms with E-state index < -0.39 is 0 Å². The summed E-state index contributed by atoms with van der Waals surface area (Å²) >= 11 is 0. The summed E-state index contributed by atoms with van der Waals surface area (Å²) in [6.45, 7) is 0. The number of aromatic hydroxyl groups is 1. The summed E-state index contributed by atoms with van der Waals surface area (Å²) in [7, 11) is 0. The van der Waals surface area contributed by atoms with Crippen molar-refractivity contribution >= 4 is 11.7 Å². The molecule has 0 unspecified atom stereocenters. The zero-order valence-corrected chi connectivity index (χ0v) is 16.9. The van der Waals surface area contributed by atoms with Gasteiger partial charge in [-0.2, -0.15) is 0 Å². The van der Waals surface area contributed by atoms with Crippen LogP contribution < -0.4 is 5.32 Å². The fourth-order valence-corrected chi connectivity index (χ4v) is 3.95. The molecule has 2 N–H and O–H groups in total. The number of benzene rings is 3. The summed E-state index contributed by atoms with van der Waals surface area (Å²) in [6.07, 6.45) is 1.93. The Morgan fingerprint density at radius 1 is 0.839 bits per heavy atom. The number of carbonyl (C=O) groups excluding carboxylic acids is 1. The molecule has 0 aliphatic heterocycles. The number of nitrogens with one attached hydrogen (secondary N) is 1. The maximum atomic E-state index is 12.8. The van der Waals surface area contributed by atoms with Gasteiger partial charge in [0.25, 0.3) is 0 Å². The molecular formula is C26H21N3O2. The summed E-state index contributed by atoms with van der Waals surface area (Å²) < 4.78 is 0. The minimum atomic E-state index is -0.142. The third kappa shape index (κ3) is 3.90. The van der Waals surface area contributed by atoms with E-state index in [1.807, 2.05) is 42.5 Å². The van der Waals surface area contributed by atoms with Gasteiger partial charge in [-0.3, -0.25) is 4.79 Å². The number of phenols is 1. The number of rotatable bonds is 4. The van der Waals surface area contributed by atoms with Crippen LogP contribution in [0.4, 0.5) is 5.82 Å². The first kappa shape index (κ1) is 19.0. The van der Waals surface area contributed by atoms with Gasteiger partial charge in [0.1, 0.15) is 11.4 Å². The molecule has 5 nitrogen and oxygen atoms in total. The molecule has 0 saturated carbocycles. The summed E-state index contributed by atoms with van der Waals surface area (Å²) in [4.78, 5) is 22.6. The van der Waals surface area contributed by atoms with Crippen LogP contribution in [0.5, 0.6) is 5.75 Å². The molecule has 0 atom stereocenters. The van der Waals surface area contributed by atoms with Gasteiger partial charge >= 0.3 is 0 Å². The van der Waals surface area contributed by atoms with Crippen LogP contribution in [-0.4, -0.2) is 21.0 Å². The van der Waals surface area contributed by atoms with Crippen LogP contribution in [0, 0.1) is 0 Å². The lowest BCUT2D eigenvalue weighted by Gasteiger charge is -2.21. The van der Waals surface area contributed by atoms with E-state index in [4.69, 9.17) is 9.97 Å². The number of aryl methyl sites for hydroxylation is 2. The molecular weight excluding hydrogens is 386 g/mol. The Morgan fingerprint density at radius 3 is 2.39 bits per heavy atom. The predicted molar refractivity (Wildman–Crippen MR) is 121 cm³/mol. The Labute approximate surface area is 180 Å². The zero-order valence-electron chi connectivity index (χ0n) is 16.9. The van der Waals surface area contributed by atoms with Crippen molar-refractivity contribution in [3.8, 4) is 28.3 Å². The number of phenolic OH excluding ortho intramolecular Hbond substituents is 1. The van der Waals surface area contributed by atoms with E-state index in [1.54, 1.807) is 24.3 Å². The van der Waals surface area contributed by atoms with Crippen LogP contribution in [0.2, 0.25) is 0 Å². The van der Waals surface area contributed by atoms with Gasteiger partial charge in [0.2, 0.25) is 5.91 Å². The molecule has 5 rings (SSSR count). The molecule has 5 heteroatoms. The maximum absolute atomic E-state index is 12.8. The van der Waals surface area contributed by atoms with Crippen molar-refractivity contribution in [1.29, 1.82) is 0 Å². The molecule has 0 radical (unpaired) electrons. The fraction of sp³-hybridized carbons (Fsp3) is 0.115. The van der Waals surface area contributed by atoms with Crippen LogP contribution in [0.1, 0.15) is 16.8 Å². The molecule has 1 amide bonds. The minimum absolute atomic E-state index is 0.142. The molecule has 0 bridgehead atoms. The molecule has 0 spiro atoms. The van der Waals surface area contributed by atoms with E-state index in [-0.39, 0.29) is 18.1 Å². The second-order valence-electron chi connectivity index (χ2n) is 7.63. The van der Waals surface area contributed by atoms with E-state index in [0.717, 1.165) is 40.9 Å². The van der Waals surface area contributed by atoms with Crippen molar-refractivity contribution in [1.82, 2.24) is 9.97 Å². The van der Waals surface area contributed by atoms with Crippen LogP contribution in [0.3, 0.4) is 0 Å². The van der Waals surface area contributed by atoms with Gasteiger partial charge < -0.3 is 10.4 Å². The van der Waals surface area contributed by atoms with Gasteiger partial charge in [-0.1, -0.05) is 54.6 Å². The number of hydrogen-bond acceptors (Lipinski definition) is 4. The van der Waals surface area contributed by atoms with Crippen molar-refractivity contribution in [2.75, 3.05) is 5.32 Å². The van der Waals surface area contributed by atoms with E-state index in [0.29, 0.717) is 11.5 Å². The zero-order chi connectivity index (χ0) is 21.2. The SMILES string of the molecule is O=C(Cc1ccccc1)Nc1nc2c(nc1-c1ccc(O)cc1)-c1ccccc1CC2. The lowest BCUT2D eigenvalue weighted by atomic mass is 9.91. The number of aromatic nitrogens is 2. The Balaban J connectivity index is 1.57. The molecule has 0 saturated heterocycles. The summed E-state index contributed by atoms with van der Waals surface area (Å²) in [5.41, 5.74) is 6.39. The average Bonchev–Trinajstić information content (AvgIpc) is 2.80. The molecule has 152 valence electrons. The van der Waals surface area contributed by atoms with Crippen LogP contribution >= 0.6 is 0 Å². The highest BCUT2D eigenvalue weighted by Gasteiger charge is 2.23. The number of hydrogen-bond donors (Lipinski definition) is 2. The Kier molecular flexibility index (Phi) is 4.92. The highest BCUT2D eigenvalue weighted by molar-refractivity contribution is 5.95. The molecule has 0 fully saturated rings. The Bertz CT molecular complexity index is 1250. The number of amides is 1. The highest BCUT2D eigenvalue weighted by Crippen LogP contribution is 2.35. The number of nitrogens with zero attached hydrogens (tertiary/aromatic N) is 2. The van der Waals surface area contributed by atoms with Gasteiger partial charge in [-0.05, 0) is 48.2 Å². The molecule has 1 aliphatic carbocycles. The van der Waals surface area contributed by atoms with Crippen molar-refractivity contribution in [2.45, 2.75) is 19.3 Å². The first-order chi connectivity index (χ1) is 15.2. The number of carbonyl (C=O) groups is 1. The average molecular weight is 407 g/mol. The van der Waals surface area contributed by atoms with Gasteiger partial charge in [0, 0.05) is 11.1 Å². The monoisotopic (exact) mass is 407 g/mol. The largest absolute Gasteiger partial charge is 0.508 e. The smallest absolute Gasteiger partial charge is 0.230 e. The van der Waals surface area contributed by atoms with Gasteiger partial charge in [0.05, 0.1) is 17.8 Å². The molecule has 1 aliphatic rings. The van der Waals surface area contributed by atoms with Gasteiger partial charge in [0.15, 0.2) is 5.82 Å². The first-order valence-corrected chi connectivity index (χ1v) is 10.3. The summed E-state index contributed by atoms with van der Waals surface area (Å²) in [6, 6.07) is 24.6. The van der Waals surface area contributed by atoms with Crippen LogP contribution in [0.15, 0.2) is 78.9 Å². The van der Waals surface area contributed by atoms with Crippen molar-refractivity contribution < 1.29 is 9.90 Å². The van der Waals surface area contributed by atoms with Gasteiger partial charge in [-0.15, -0.1) is 0 Å². The second kappa shape index (κ2) is 8.03. The Hall–Kier alpha value is -3.99. The topological polar surface area (TPSA) is 75.1 Å². The van der Waals surface area contributed by atoms with Crippen molar-refractivity contribution in [3.05, 3.63) is 95.7 Å². The molecule has 3 aromatic carbocycles. The molecule has 4 aromatic rings. The Morgan fingerprint density at radius 2 is 1.58 bits per heavy atom. The lowest BCUT2D eigenvalue weighted by molar-refractivity contribution is -0.115. The number of anilines is 1. The van der Waals surface area contributed by atoms with E-state index in [1.165, 1.54) is 5.56 Å². The molecule has 1 heterocycles. The summed E-state index contributed by atoms with van der Waals surface area (Å²) in [5.74, 6) is 0.483. The van der Waals surface area contributed by atoms with Gasteiger partial charge in [-0.25, -0.2) is 9.97 Å². The normalized spacial score (nSPS) is 12.0. The van der Waals surface area contributed by atoms with E-state index in [9.17, 15) is 9.90 Å². The van der Waals surface area contributed by atoms with Crippen molar-refractivity contribution in [3.63, 3.8) is 0 Å². The minimum Gasteiger partial charge on any atom is -0.508 e. The van der Waals surface area contributed by atoms with Crippen molar-refractivity contribution in [2.24, 2.45) is 0 Å². The molecule has 1 aromatic heterocycles. The molecule has 31 heavy (non-hydrogen) atoms.